The Balaban J connectivity index is 2.37. The zero-order valence-electron chi connectivity index (χ0n) is 10.3. The number of nitrogens with one attached hydrogen (secondary N) is 2. The average molecular weight is 288 g/mol. The topological polar surface area (TPSA) is 58.2 Å². The minimum Gasteiger partial charge on any atom is -0.303 e. The van der Waals surface area contributed by atoms with Crippen molar-refractivity contribution in [2.24, 2.45) is 0 Å². The van der Waals surface area contributed by atoms with Gasteiger partial charge >= 0.3 is 6.18 Å². The highest BCUT2D eigenvalue weighted by Gasteiger charge is 2.41. The molecule has 1 rings (SSSR count). The van der Waals surface area contributed by atoms with E-state index in [9.17, 15) is 21.6 Å². The first-order chi connectivity index (χ1) is 8.24. The minimum atomic E-state index is -4.33. The molecule has 0 heterocycles. The second-order valence-corrected chi connectivity index (χ2v) is 6.46. The summed E-state index contributed by atoms with van der Waals surface area (Å²) in [4.78, 5) is 0. The Hall–Kier alpha value is -0.340. The molecule has 0 aromatic carbocycles. The van der Waals surface area contributed by atoms with Crippen LogP contribution in [0.25, 0.3) is 0 Å². The molecule has 1 aliphatic carbocycles. The van der Waals surface area contributed by atoms with Gasteiger partial charge in [-0.25, -0.2) is 13.1 Å². The predicted molar refractivity (Wildman–Crippen MR) is 62.7 cm³/mol. The molecule has 1 unspecified atom stereocenters. The summed E-state index contributed by atoms with van der Waals surface area (Å²) in [7, 11) is -3.43. The van der Waals surface area contributed by atoms with E-state index >= 15 is 0 Å². The maximum absolute atomic E-state index is 12.6. The lowest BCUT2D eigenvalue weighted by molar-refractivity contribution is -0.157. The third-order valence-corrected chi connectivity index (χ3v) is 4.23. The predicted octanol–water partition coefficient (Wildman–Crippen LogP) is 1.39. The van der Waals surface area contributed by atoms with Crippen molar-refractivity contribution in [2.75, 3.05) is 12.3 Å². The number of hydrogen-bond acceptors (Lipinski definition) is 3. The Labute approximate surface area is 105 Å². The fourth-order valence-electron chi connectivity index (χ4n) is 1.58. The van der Waals surface area contributed by atoms with Crippen molar-refractivity contribution < 1.29 is 21.6 Å². The molecule has 1 aliphatic rings. The molecule has 0 aromatic heterocycles. The van der Waals surface area contributed by atoms with Gasteiger partial charge in [0.25, 0.3) is 0 Å². The van der Waals surface area contributed by atoms with Gasteiger partial charge in [-0.3, -0.25) is 0 Å². The van der Waals surface area contributed by atoms with Crippen LogP contribution < -0.4 is 10.0 Å². The van der Waals surface area contributed by atoms with Crippen LogP contribution in [-0.4, -0.2) is 39.0 Å². The third kappa shape index (κ3) is 6.01. The van der Waals surface area contributed by atoms with Gasteiger partial charge in [0, 0.05) is 12.6 Å². The molecule has 1 atom stereocenters. The van der Waals surface area contributed by atoms with Crippen molar-refractivity contribution in [3.63, 3.8) is 0 Å². The molecule has 0 radical (unpaired) electrons. The largest absolute Gasteiger partial charge is 0.403 e. The summed E-state index contributed by atoms with van der Waals surface area (Å²) in [6.45, 7) is 1.51. The zero-order chi connectivity index (χ0) is 13.8. The van der Waals surface area contributed by atoms with E-state index < -0.39 is 22.2 Å². The highest BCUT2D eigenvalue weighted by Crippen LogP contribution is 2.27. The van der Waals surface area contributed by atoms with Crippen LogP contribution in [0.15, 0.2) is 0 Å². The van der Waals surface area contributed by atoms with E-state index in [2.05, 4.69) is 10.0 Å². The number of alkyl halides is 3. The SMILES string of the molecule is CCCS(=O)(=O)NCCC(NC1CC1)C(F)(F)F. The lowest BCUT2D eigenvalue weighted by Crippen LogP contribution is -2.45. The normalized spacial score (nSPS) is 18.9. The van der Waals surface area contributed by atoms with E-state index in [1.54, 1.807) is 6.92 Å². The van der Waals surface area contributed by atoms with E-state index in [0.717, 1.165) is 12.8 Å². The Morgan fingerprint density at radius 1 is 1.33 bits per heavy atom. The maximum atomic E-state index is 12.6. The van der Waals surface area contributed by atoms with Crippen LogP contribution in [0.5, 0.6) is 0 Å². The maximum Gasteiger partial charge on any atom is 0.403 e. The van der Waals surface area contributed by atoms with E-state index in [1.165, 1.54) is 0 Å². The summed E-state index contributed by atoms with van der Waals surface area (Å²) >= 11 is 0. The molecule has 0 spiro atoms. The van der Waals surface area contributed by atoms with Gasteiger partial charge in [0.15, 0.2) is 0 Å². The van der Waals surface area contributed by atoms with Crippen molar-refractivity contribution in [1.29, 1.82) is 0 Å². The van der Waals surface area contributed by atoms with Gasteiger partial charge in [-0.05, 0) is 25.7 Å². The van der Waals surface area contributed by atoms with Crippen molar-refractivity contribution >= 4 is 10.0 Å². The molecule has 4 nitrogen and oxygen atoms in total. The first-order valence-electron chi connectivity index (χ1n) is 6.04. The quantitative estimate of drug-likeness (QED) is 0.709. The fraction of sp³-hybridized carbons (Fsp3) is 1.00. The molecule has 1 fully saturated rings. The Morgan fingerprint density at radius 3 is 2.39 bits per heavy atom. The Kier molecular flexibility index (Phi) is 5.42. The minimum absolute atomic E-state index is 0.0558. The summed E-state index contributed by atoms with van der Waals surface area (Å²) in [5, 5.41) is 2.49. The molecule has 108 valence electrons. The highest BCUT2D eigenvalue weighted by atomic mass is 32.2. The molecule has 0 saturated heterocycles. The lowest BCUT2D eigenvalue weighted by Gasteiger charge is -2.21. The summed E-state index contributed by atoms with van der Waals surface area (Å²) in [5.41, 5.74) is 0. The van der Waals surface area contributed by atoms with Crippen LogP contribution in [0.2, 0.25) is 0 Å². The monoisotopic (exact) mass is 288 g/mol. The second-order valence-electron chi connectivity index (χ2n) is 4.54. The van der Waals surface area contributed by atoms with E-state index in [0.29, 0.717) is 6.42 Å². The molecule has 8 heteroatoms. The first kappa shape index (κ1) is 15.7. The van der Waals surface area contributed by atoms with E-state index in [1.807, 2.05) is 0 Å². The molecule has 1 saturated carbocycles. The lowest BCUT2D eigenvalue weighted by atomic mass is 10.2. The Bertz CT molecular complexity index is 353. The summed E-state index contributed by atoms with van der Waals surface area (Å²) in [6.07, 6.45) is -2.65. The van der Waals surface area contributed by atoms with Gasteiger partial charge in [0.1, 0.15) is 6.04 Å². The number of rotatable bonds is 8. The van der Waals surface area contributed by atoms with Crippen molar-refractivity contribution in [1.82, 2.24) is 10.0 Å². The number of halogens is 3. The summed E-state index contributed by atoms with van der Waals surface area (Å²) in [6, 6.07) is -1.70. The van der Waals surface area contributed by atoms with Crippen LogP contribution in [0.4, 0.5) is 13.2 Å². The van der Waals surface area contributed by atoms with Crippen LogP contribution in [0.3, 0.4) is 0 Å². The van der Waals surface area contributed by atoms with E-state index in [-0.39, 0.29) is 24.8 Å². The molecular formula is C10H19F3N2O2S. The fourth-order valence-corrected chi connectivity index (χ4v) is 2.69. The standard InChI is InChI=1S/C10H19F3N2O2S/c1-2-7-18(16,17)14-6-5-9(10(11,12)13)15-8-3-4-8/h8-9,14-15H,2-7H2,1H3. The molecule has 2 N–H and O–H groups in total. The van der Waals surface area contributed by atoms with Gasteiger partial charge in [0.2, 0.25) is 10.0 Å². The average Bonchev–Trinajstić information content (AvgIpc) is 2.98. The van der Waals surface area contributed by atoms with Crippen LogP contribution >= 0.6 is 0 Å². The third-order valence-electron chi connectivity index (χ3n) is 2.64. The second kappa shape index (κ2) is 6.21. The van der Waals surface area contributed by atoms with E-state index in [4.69, 9.17) is 0 Å². The van der Waals surface area contributed by atoms with Crippen LogP contribution in [-0.2, 0) is 10.0 Å². The molecule has 0 aliphatic heterocycles. The molecular weight excluding hydrogens is 269 g/mol. The first-order valence-corrected chi connectivity index (χ1v) is 7.70. The smallest absolute Gasteiger partial charge is 0.303 e. The molecule has 0 amide bonds. The van der Waals surface area contributed by atoms with Crippen LogP contribution in [0, 0.1) is 0 Å². The summed E-state index contributed by atoms with van der Waals surface area (Å²) in [5.74, 6) is -0.0558. The summed E-state index contributed by atoms with van der Waals surface area (Å²) < 4.78 is 62.7. The van der Waals surface area contributed by atoms with Crippen molar-refractivity contribution in [3.8, 4) is 0 Å². The molecule has 0 bridgehead atoms. The molecule has 18 heavy (non-hydrogen) atoms. The van der Waals surface area contributed by atoms with Crippen LogP contribution in [0.1, 0.15) is 32.6 Å². The number of hydrogen-bond donors (Lipinski definition) is 2. The number of sulfonamides is 1. The highest BCUT2D eigenvalue weighted by molar-refractivity contribution is 7.89. The van der Waals surface area contributed by atoms with Gasteiger partial charge < -0.3 is 5.32 Å². The van der Waals surface area contributed by atoms with Gasteiger partial charge in [-0.1, -0.05) is 6.92 Å². The van der Waals surface area contributed by atoms with Crippen molar-refractivity contribution in [2.45, 2.75) is 50.9 Å². The van der Waals surface area contributed by atoms with Gasteiger partial charge in [-0.2, -0.15) is 13.2 Å². The van der Waals surface area contributed by atoms with Gasteiger partial charge in [0.05, 0.1) is 5.75 Å². The zero-order valence-corrected chi connectivity index (χ0v) is 11.1. The van der Waals surface area contributed by atoms with Crippen molar-refractivity contribution in [3.05, 3.63) is 0 Å². The Morgan fingerprint density at radius 2 is 1.94 bits per heavy atom. The van der Waals surface area contributed by atoms with Gasteiger partial charge in [-0.15, -0.1) is 0 Å². The molecule has 0 aromatic rings.